The molecule has 90 valence electrons. The van der Waals surface area contributed by atoms with Gasteiger partial charge in [0.05, 0.1) is 0 Å². The van der Waals surface area contributed by atoms with Crippen LogP contribution < -0.4 is 5.32 Å². The van der Waals surface area contributed by atoms with Crippen molar-refractivity contribution < 1.29 is 4.79 Å². The van der Waals surface area contributed by atoms with Crippen molar-refractivity contribution in [3.8, 4) is 0 Å². The van der Waals surface area contributed by atoms with Gasteiger partial charge in [0.25, 0.3) is 0 Å². The van der Waals surface area contributed by atoms with Gasteiger partial charge in [-0.05, 0) is 50.3 Å². The smallest absolute Gasteiger partial charge is 0.184 e. The lowest BCUT2D eigenvalue weighted by Crippen LogP contribution is -2.40. The molecule has 0 aliphatic carbocycles. The van der Waals surface area contributed by atoms with Crippen LogP contribution in [0.5, 0.6) is 0 Å². The number of carbonyl (C=O) groups is 1. The highest BCUT2D eigenvalue weighted by Gasteiger charge is 2.37. The zero-order valence-electron chi connectivity index (χ0n) is 10.1. The zero-order chi connectivity index (χ0) is 11.8. The average molecular weight is 230 g/mol. The molecule has 1 N–H and O–H groups in total. The van der Waals surface area contributed by atoms with E-state index in [1.165, 1.54) is 12.8 Å². The fraction of sp³-hybridized carbons (Fsp3) is 0.571. The standard InChI is InChI=1S/C14H18N2O/c1-9-4-5-15-13(6-9)14(17)10-7-11-2-3-12(8-10)16-11/h4-6,10-12,16H,2-3,7-8H2,1H3. The SMILES string of the molecule is Cc1ccnc(C(=O)C2CC3CCC(C2)N3)c1. The van der Waals surface area contributed by atoms with E-state index in [2.05, 4.69) is 10.3 Å². The van der Waals surface area contributed by atoms with Crippen LogP contribution in [0.4, 0.5) is 0 Å². The maximum atomic E-state index is 12.4. The van der Waals surface area contributed by atoms with E-state index in [9.17, 15) is 4.79 Å². The van der Waals surface area contributed by atoms with Crippen LogP contribution in [-0.4, -0.2) is 22.9 Å². The highest BCUT2D eigenvalue weighted by molar-refractivity contribution is 5.96. The molecule has 0 radical (unpaired) electrons. The van der Waals surface area contributed by atoms with Gasteiger partial charge < -0.3 is 5.32 Å². The Balaban J connectivity index is 1.78. The molecule has 2 saturated heterocycles. The number of nitrogens with zero attached hydrogens (tertiary/aromatic N) is 1. The summed E-state index contributed by atoms with van der Waals surface area (Å²) in [7, 11) is 0. The van der Waals surface area contributed by atoms with Crippen LogP contribution in [0, 0.1) is 12.8 Å². The van der Waals surface area contributed by atoms with Crippen molar-refractivity contribution in [1.29, 1.82) is 0 Å². The molecule has 3 heterocycles. The molecule has 0 saturated carbocycles. The Morgan fingerprint density at radius 2 is 2.06 bits per heavy atom. The maximum Gasteiger partial charge on any atom is 0.184 e. The summed E-state index contributed by atoms with van der Waals surface area (Å²) >= 11 is 0. The number of ketones is 1. The van der Waals surface area contributed by atoms with Crippen LogP contribution in [-0.2, 0) is 0 Å². The van der Waals surface area contributed by atoms with Gasteiger partial charge in [-0.2, -0.15) is 0 Å². The van der Waals surface area contributed by atoms with Crippen molar-refractivity contribution in [2.24, 2.45) is 5.92 Å². The molecule has 2 fully saturated rings. The number of Topliss-reactive ketones (excluding diaryl/α,β-unsaturated/α-hetero) is 1. The van der Waals surface area contributed by atoms with Crippen LogP contribution in [0.15, 0.2) is 18.3 Å². The Bertz CT molecular complexity index is 432. The van der Waals surface area contributed by atoms with Gasteiger partial charge in [0.1, 0.15) is 5.69 Å². The molecule has 1 aromatic rings. The quantitative estimate of drug-likeness (QED) is 0.791. The second-order valence-electron chi connectivity index (χ2n) is 5.39. The molecular weight excluding hydrogens is 212 g/mol. The number of pyridine rings is 1. The van der Waals surface area contributed by atoms with Gasteiger partial charge in [-0.15, -0.1) is 0 Å². The number of rotatable bonds is 2. The van der Waals surface area contributed by atoms with Crippen molar-refractivity contribution >= 4 is 5.78 Å². The van der Waals surface area contributed by atoms with Crippen molar-refractivity contribution in [3.05, 3.63) is 29.6 Å². The first-order valence-electron chi connectivity index (χ1n) is 6.45. The topological polar surface area (TPSA) is 42.0 Å². The third kappa shape index (κ3) is 2.12. The number of hydrogen-bond acceptors (Lipinski definition) is 3. The Hall–Kier alpha value is -1.22. The Kier molecular flexibility index (Phi) is 2.71. The Morgan fingerprint density at radius 1 is 1.35 bits per heavy atom. The number of carbonyl (C=O) groups excluding carboxylic acids is 1. The number of aromatic nitrogens is 1. The summed E-state index contributed by atoms with van der Waals surface area (Å²) in [4.78, 5) is 16.6. The number of fused-ring (bicyclic) bond motifs is 2. The van der Waals surface area contributed by atoms with E-state index in [4.69, 9.17) is 0 Å². The molecule has 2 atom stereocenters. The summed E-state index contributed by atoms with van der Waals surface area (Å²) in [6.45, 7) is 2.00. The number of hydrogen-bond donors (Lipinski definition) is 1. The number of piperidine rings is 1. The minimum Gasteiger partial charge on any atom is -0.311 e. The van der Waals surface area contributed by atoms with Crippen LogP contribution >= 0.6 is 0 Å². The summed E-state index contributed by atoms with van der Waals surface area (Å²) < 4.78 is 0. The van der Waals surface area contributed by atoms with Crippen molar-refractivity contribution in [1.82, 2.24) is 10.3 Å². The van der Waals surface area contributed by atoms with Crippen molar-refractivity contribution in [2.45, 2.75) is 44.7 Å². The Morgan fingerprint density at radius 3 is 2.71 bits per heavy atom. The highest BCUT2D eigenvalue weighted by atomic mass is 16.1. The lowest BCUT2D eigenvalue weighted by Gasteiger charge is -2.27. The lowest BCUT2D eigenvalue weighted by atomic mass is 9.87. The molecule has 3 rings (SSSR count). The molecule has 2 aliphatic heterocycles. The van der Waals surface area contributed by atoms with Gasteiger partial charge in [0, 0.05) is 24.2 Å². The fourth-order valence-corrected chi connectivity index (χ4v) is 3.15. The van der Waals surface area contributed by atoms with Gasteiger partial charge in [-0.3, -0.25) is 9.78 Å². The lowest BCUT2D eigenvalue weighted by molar-refractivity contribution is 0.0870. The van der Waals surface area contributed by atoms with Gasteiger partial charge in [-0.1, -0.05) is 0 Å². The number of aryl methyl sites for hydroxylation is 1. The third-order valence-corrected chi connectivity index (χ3v) is 4.01. The van der Waals surface area contributed by atoms with Crippen LogP contribution in [0.25, 0.3) is 0 Å². The molecule has 2 unspecified atom stereocenters. The third-order valence-electron chi connectivity index (χ3n) is 4.01. The predicted molar refractivity (Wildman–Crippen MR) is 66.0 cm³/mol. The van der Waals surface area contributed by atoms with Gasteiger partial charge in [-0.25, -0.2) is 0 Å². The van der Waals surface area contributed by atoms with E-state index in [-0.39, 0.29) is 11.7 Å². The van der Waals surface area contributed by atoms with Crippen LogP contribution in [0.3, 0.4) is 0 Å². The van der Waals surface area contributed by atoms with Gasteiger partial charge in [0.2, 0.25) is 0 Å². The van der Waals surface area contributed by atoms with Gasteiger partial charge >= 0.3 is 0 Å². The molecule has 3 nitrogen and oxygen atoms in total. The maximum absolute atomic E-state index is 12.4. The predicted octanol–water partition coefficient (Wildman–Crippen LogP) is 2.10. The minimum absolute atomic E-state index is 0.183. The van der Waals surface area contributed by atoms with E-state index in [1.54, 1.807) is 6.20 Å². The summed E-state index contributed by atoms with van der Waals surface area (Å²) in [6, 6.07) is 4.97. The molecule has 17 heavy (non-hydrogen) atoms. The normalized spacial score (nSPS) is 31.5. The molecule has 0 aromatic carbocycles. The molecule has 0 amide bonds. The number of nitrogens with one attached hydrogen (secondary N) is 1. The van der Waals surface area contributed by atoms with E-state index in [1.807, 2.05) is 19.1 Å². The first kappa shape index (κ1) is 10.9. The first-order chi connectivity index (χ1) is 8.22. The second kappa shape index (κ2) is 4.22. The zero-order valence-corrected chi connectivity index (χ0v) is 10.1. The van der Waals surface area contributed by atoms with Crippen molar-refractivity contribution in [3.63, 3.8) is 0 Å². The fourth-order valence-electron chi connectivity index (χ4n) is 3.15. The minimum atomic E-state index is 0.183. The van der Waals surface area contributed by atoms with Crippen LogP contribution in [0.2, 0.25) is 0 Å². The largest absolute Gasteiger partial charge is 0.311 e. The molecule has 0 spiro atoms. The van der Waals surface area contributed by atoms with Crippen LogP contribution in [0.1, 0.15) is 41.7 Å². The van der Waals surface area contributed by atoms with Gasteiger partial charge in [0.15, 0.2) is 5.78 Å². The molecular formula is C14H18N2O. The Labute approximate surface area is 102 Å². The first-order valence-corrected chi connectivity index (χ1v) is 6.45. The monoisotopic (exact) mass is 230 g/mol. The summed E-state index contributed by atoms with van der Waals surface area (Å²) in [5, 5.41) is 3.57. The van der Waals surface area contributed by atoms with Crippen molar-refractivity contribution in [2.75, 3.05) is 0 Å². The van der Waals surface area contributed by atoms with E-state index in [0.717, 1.165) is 18.4 Å². The second-order valence-corrected chi connectivity index (χ2v) is 5.39. The van der Waals surface area contributed by atoms with E-state index >= 15 is 0 Å². The average Bonchev–Trinajstić information content (AvgIpc) is 2.67. The summed E-state index contributed by atoms with van der Waals surface area (Å²) in [6.07, 6.45) is 6.18. The summed E-state index contributed by atoms with van der Waals surface area (Å²) in [5.74, 6) is 0.426. The van der Waals surface area contributed by atoms with E-state index < -0.39 is 0 Å². The molecule has 3 heteroatoms. The molecule has 2 bridgehead atoms. The van der Waals surface area contributed by atoms with E-state index in [0.29, 0.717) is 17.8 Å². The molecule has 2 aliphatic rings. The molecule has 1 aromatic heterocycles. The highest BCUT2D eigenvalue weighted by Crippen LogP contribution is 2.32. The summed E-state index contributed by atoms with van der Waals surface area (Å²) in [5.41, 5.74) is 1.76.